The van der Waals surface area contributed by atoms with Crippen LogP contribution in [0, 0.1) is 5.92 Å². The average Bonchev–Trinajstić information content (AvgIpc) is 2.81. The van der Waals surface area contributed by atoms with Crippen molar-refractivity contribution in [1.29, 1.82) is 0 Å². The van der Waals surface area contributed by atoms with Gasteiger partial charge in [0.15, 0.2) is 0 Å². The van der Waals surface area contributed by atoms with E-state index in [0.29, 0.717) is 18.6 Å². The van der Waals surface area contributed by atoms with Gasteiger partial charge in [-0.3, -0.25) is 4.90 Å². The van der Waals surface area contributed by atoms with Crippen molar-refractivity contribution in [1.82, 2.24) is 4.90 Å². The van der Waals surface area contributed by atoms with Crippen LogP contribution in [0.15, 0.2) is 18.2 Å². The van der Waals surface area contributed by atoms with Gasteiger partial charge in [-0.15, -0.1) is 0 Å². The molecule has 104 valence electrons. The van der Waals surface area contributed by atoms with Gasteiger partial charge < -0.3 is 15.6 Å². The maximum absolute atomic E-state index is 9.50. The monoisotopic (exact) mass is 262 g/mol. The standard InChI is InChI=1S/C15H22N2O2/c1-10(16)11-3-2-6-17(8-11)14-9-19-15-7-12(18)4-5-13(14)15/h4-5,7,10-11,14,18H,2-3,6,8-9,16H2,1H3. The first-order valence-electron chi connectivity index (χ1n) is 7.10. The summed E-state index contributed by atoms with van der Waals surface area (Å²) in [4.78, 5) is 2.49. The minimum absolute atomic E-state index is 0.254. The molecule has 1 saturated heterocycles. The van der Waals surface area contributed by atoms with Gasteiger partial charge in [0.05, 0.1) is 6.04 Å². The number of ether oxygens (including phenoxy) is 1. The normalized spacial score (nSPS) is 28.7. The number of phenolic OH excluding ortho intramolecular Hbond substituents is 1. The molecule has 3 rings (SSSR count). The third kappa shape index (κ3) is 2.42. The zero-order valence-electron chi connectivity index (χ0n) is 11.4. The minimum Gasteiger partial charge on any atom is -0.508 e. The van der Waals surface area contributed by atoms with Crippen LogP contribution >= 0.6 is 0 Å². The molecular formula is C15H22N2O2. The second-order valence-electron chi connectivity index (χ2n) is 5.81. The van der Waals surface area contributed by atoms with Crippen molar-refractivity contribution in [3.8, 4) is 11.5 Å². The summed E-state index contributed by atoms with van der Waals surface area (Å²) in [5.74, 6) is 1.68. The lowest BCUT2D eigenvalue weighted by Crippen LogP contribution is -2.44. The first-order chi connectivity index (χ1) is 9.15. The smallest absolute Gasteiger partial charge is 0.127 e. The summed E-state index contributed by atoms with van der Waals surface area (Å²) in [5, 5.41) is 9.50. The largest absolute Gasteiger partial charge is 0.508 e. The number of hydrogen-bond acceptors (Lipinski definition) is 4. The van der Waals surface area contributed by atoms with Crippen molar-refractivity contribution in [2.24, 2.45) is 11.7 Å². The molecule has 1 aromatic carbocycles. The number of aromatic hydroxyl groups is 1. The number of piperidine rings is 1. The van der Waals surface area contributed by atoms with Crippen LogP contribution in [-0.2, 0) is 0 Å². The molecule has 2 aliphatic rings. The van der Waals surface area contributed by atoms with Crippen LogP contribution in [0.4, 0.5) is 0 Å². The van der Waals surface area contributed by atoms with Gasteiger partial charge >= 0.3 is 0 Å². The highest BCUT2D eigenvalue weighted by atomic mass is 16.5. The highest BCUT2D eigenvalue weighted by molar-refractivity contribution is 5.44. The lowest BCUT2D eigenvalue weighted by molar-refractivity contribution is 0.0982. The van der Waals surface area contributed by atoms with E-state index in [-0.39, 0.29) is 11.8 Å². The van der Waals surface area contributed by atoms with E-state index in [4.69, 9.17) is 10.5 Å². The molecule has 3 atom stereocenters. The number of rotatable bonds is 2. The van der Waals surface area contributed by atoms with Gasteiger partial charge in [-0.05, 0) is 44.4 Å². The maximum Gasteiger partial charge on any atom is 0.127 e. The van der Waals surface area contributed by atoms with Crippen molar-refractivity contribution in [2.75, 3.05) is 19.7 Å². The molecule has 19 heavy (non-hydrogen) atoms. The Balaban J connectivity index is 1.78. The Morgan fingerprint density at radius 3 is 3.11 bits per heavy atom. The first kappa shape index (κ1) is 12.8. The Morgan fingerprint density at radius 1 is 1.47 bits per heavy atom. The topological polar surface area (TPSA) is 58.7 Å². The van der Waals surface area contributed by atoms with Crippen LogP contribution in [-0.4, -0.2) is 35.7 Å². The molecule has 2 heterocycles. The number of phenols is 1. The van der Waals surface area contributed by atoms with Crippen LogP contribution in [0.2, 0.25) is 0 Å². The van der Waals surface area contributed by atoms with Gasteiger partial charge in [0.2, 0.25) is 0 Å². The molecule has 2 aliphatic heterocycles. The fraction of sp³-hybridized carbons (Fsp3) is 0.600. The van der Waals surface area contributed by atoms with E-state index in [0.717, 1.165) is 18.8 Å². The zero-order valence-corrected chi connectivity index (χ0v) is 11.4. The summed E-state index contributed by atoms with van der Waals surface area (Å²) in [6, 6.07) is 6.01. The van der Waals surface area contributed by atoms with E-state index in [2.05, 4.69) is 11.8 Å². The molecular weight excluding hydrogens is 240 g/mol. The molecule has 4 heteroatoms. The first-order valence-corrected chi connectivity index (χ1v) is 7.10. The van der Waals surface area contributed by atoms with E-state index in [9.17, 15) is 5.11 Å². The number of fused-ring (bicyclic) bond motifs is 1. The van der Waals surface area contributed by atoms with Gasteiger partial charge in [-0.25, -0.2) is 0 Å². The van der Waals surface area contributed by atoms with Gasteiger partial charge in [-0.2, -0.15) is 0 Å². The number of likely N-dealkylation sites (tertiary alicyclic amines) is 1. The molecule has 3 N–H and O–H groups in total. The van der Waals surface area contributed by atoms with Crippen LogP contribution in [0.1, 0.15) is 31.4 Å². The molecule has 4 nitrogen and oxygen atoms in total. The van der Waals surface area contributed by atoms with E-state index in [1.807, 2.05) is 6.07 Å². The van der Waals surface area contributed by atoms with Crippen molar-refractivity contribution >= 4 is 0 Å². The third-order valence-electron chi connectivity index (χ3n) is 4.43. The Morgan fingerprint density at radius 2 is 2.32 bits per heavy atom. The number of hydrogen-bond donors (Lipinski definition) is 2. The Bertz CT molecular complexity index is 461. The van der Waals surface area contributed by atoms with Crippen molar-refractivity contribution in [3.63, 3.8) is 0 Å². The number of nitrogens with zero attached hydrogens (tertiary/aromatic N) is 1. The van der Waals surface area contributed by atoms with Crippen molar-refractivity contribution in [3.05, 3.63) is 23.8 Å². The molecule has 0 aromatic heterocycles. The van der Waals surface area contributed by atoms with Gasteiger partial charge in [0, 0.05) is 24.2 Å². The van der Waals surface area contributed by atoms with Crippen molar-refractivity contribution < 1.29 is 9.84 Å². The van der Waals surface area contributed by atoms with Gasteiger partial charge in [-0.1, -0.05) is 0 Å². The minimum atomic E-state index is 0.254. The summed E-state index contributed by atoms with van der Waals surface area (Å²) in [7, 11) is 0. The second-order valence-corrected chi connectivity index (χ2v) is 5.81. The van der Waals surface area contributed by atoms with Crippen LogP contribution in [0.5, 0.6) is 11.5 Å². The highest BCUT2D eigenvalue weighted by Crippen LogP contribution is 2.39. The summed E-state index contributed by atoms with van der Waals surface area (Å²) in [5.41, 5.74) is 7.25. The Kier molecular flexibility index (Phi) is 3.37. The quantitative estimate of drug-likeness (QED) is 0.854. The third-order valence-corrected chi connectivity index (χ3v) is 4.43. The maximum atomic E-state index is 9.50. The molecule has 3 unspecified atom stereocenters. The van der Waals surface area contributed by atoms with E-state index >= 15 is 0 Å². The van der Waals surface area contributed by atoms with E-state index < -0.39 is 0 Å². The Hall–Kier alpha value is -1.26. The average molecular weight is 262 g/mol. The molecule has 1 fully saturated rings. The predicted molar refractivity (Wildman–Crippen MR) is 74.3 cm³/mol. The van der Waals surface area contributed by atoms with Crippen molar-refractivity contribution in [2.45, 2.75) is 31.8 Å². The lowest BCUT2D eigenvalue weighted by atomic mass is 9.90. The fourth-order valence-corrected chi connectivity index (χ4v) is 3.24. The molecule has 0 radical (unpaired) electrons. The molecule has 0 aliphatic carbocycles. The fourth-order valence-electron chi connectivity index (χ4n) is 3.24. The lowest BCUT2D eigenvalue weighted by Gasteiger charge is -2.37. The highest BCUT2D eigenvalue weighted by Gasteiger charge is 2.33. The summed E-state index contributed by atoms with van der Waals surface area (Å²) < 4.78 is 5.71. The van der Waals surface area contributed by atoms with E-state index in [1.165, 1.54) is 18.4 Å². The van der Waals surface area contributed by atoms with Crippen LogP contribution < -0.4 is 10.5 Å². The van der Waals surface area contributed by atoms with Gasteiger partial charge in [0.25, 0.3) is 0 Å². The number of benzene rings is 1. The Labute approximate surface area is 114 Å². The molecule has 0 spiro atoms. The van der Waals surface area contributed by atoms with Gasteiger partial charge in [0.1, 0.15) is 18.1 Å². The molecule has 0 amide bonds. The van der Waals surface area contributed by atoms with Crippen LogP contribution in [0.3, 0.4) is 0 Å². The summed E-state index contributed by atoms with van der Waals surface area (Å²) in [6.07, 6.45) is 2.43. The predicted octanol–water partition coefficient (Wildman–Crippen LogP) is 1.88. The molecule has 0 bridgehead atoms. The van der Waals surface area contributed by atoms with E-state index in [1.54, 1.807) is 12.1 Å². The zero-order chi connectivity index (χ0) is 13.4. The molecule has 1 aromatic rings. The summed E-state index contributed by atoms with van der Waals surface area (Å²) in [6.45, 7) is 4.94. The second kappa shape index (κ2) is 5.02. The number of nitrogens with two attached hydrogens (primary N) is 1. The van der Waals surface area contributed by atoms with Crippen LogP contribution in [0.25, 0.3) is 0 Å². The summed E-state index contributed by atoms with van der Waals surface area (Å²) >= 11 is 0. The SMILES string of the molecule is CC(N)C1CCCN(C2COc3cc(O)ccc32)C1. The molecule has 0 saturated carbocycles.